The highest BCUT2D eigenvalue weighted by atomic mass is 35.5. The zero-order valence-corrected chi connectivity index (χ0v) is 11.4. The minimum Gasteiger partial charge on any atom is -0.479 e. The van der Waals surface area contributed by atoms with Gasteiger partial charge in [0, 0.05) is 12.1 Å². The lowest BCUT2D eigenvalue weighted by Crippen LogP contribution is -2.30. The van der Waals surface area contributed by atoms with Crippen molar-refractivity contribution >= 4 is 34.9 Å². The first-order valence-corrected chi connectivity index (χ1v) is 6.39. The fourth-order valence-electron chi connectivity index (χ4n) is 1.95. The highest BCUT2D eigenvalue weighted by Gasteiger charge is 2.35. The lowest BCUT2D eigenvalue weighted by atomic mass is 10.2. The van der Waals surface area contributed by atoms with Gasteiger partial charge >= 0.3 is 5.97 Å². The van der Waals surface area contributed by atoms with Crippen LogP contribution in [0.4, 0.5) is 11.4 Å². The van der Waals surface area contributed by atoms with Gasteiger partial charge in [-0.2, -0.15) is 0 Å². The Hall–Kier alpha value is -2.19. The van der Waals surface area contributed by atoms with Gasteiger partial charge in [-0.15, -0.1) is 0 Å². The third kappa shape index (κ3) is 3.47. The molecule has 0 aromatic heterocycles. The van der Waals surface area contributed by atoms with Crippen molar-refractivity contribution in [2.45, 2.75) is 25.0 Å². The number of ether oxygens (including phenoxy) is 1. The number of carboxylic acids is 1. The van der Waals surface area contributed by atoms with Gasteiger partial charge in [0.15, 0.2) is 6.10 Å². The van der Waals surface area contributed by atoms with Crippen molar-refractivity contribution in [3.63, 3.8) is 0 Å². The van der Waals surface area contributed by atoms with Crippen LogP contribution >= 0.6 is 11.6 Å². The molecule has 1 aromatic rings. The molecular formula is C12H11ClN2O6. The monoisotopic (exact) mass is 314 g/mol. The molecule has 0 bridgehead atoms. The van der Waals surface area contributed by atoms with Gasteiger partial charge in [0.05, 0.1) is 15.6 Å². The molecule has 112 valence electrons. The van der Waals surface area contributed by atoms with E-state index in [2.05, 4.69) is 5.32 Å². The summed E-state index contributed by atoms with van der Waals surface area (Å²) in [7, 11) is 0. The third-order valence-electron chi connectivity index (χ3n) is 3.01. The number of non-ortho nitro benzene ring substituents is 1. The van der Waals surface area contributed by atoms with Gasteiger partial charge in [-0.25, -0.2) is 4.79 Å². The Balaban J connectivity index is 2.08. The Labute approximate surface area is 123 Å². The standard InChI is InChI=1S/C12H11ClN2O6/c13-7-2-1-6(15(19)20)5-8(7)14-11(16)9-3-4-10(21-9)12(17)18/h1-2,5,9-10H,3-4H2,(H,14,16)(H,17,18)/t9-,10+/m0/s1. The summed E-state index contributed by atoms with van der Waals surface area (Å²) in [6, 6.07) is 3.64. The minimum atomic E-state index is -1.13. The number of carbonyl (C=O) groups excluding carboxylic acids is 1. The van der Waals surface area contributed by atoms with E-state index in [9.17, 15) is 19.7 Å². The van der Waals surface area contributed by atoms with E-state index in [0.717, 1.165) is 6.07 Å². The third-order valence-corrected chi connectivity index (χ3v) is 3.34. The Morgan fingerprint density at radius 3 is 2.62 bits per heavy atom. The van der Waals surface area contributed by atoms with Crippen LogP contribution < -0.4 is 5.32 Å². The van der Waals surface area contributed by atoms with E-state index in [-0.39, 0.29) is 29.2 Å². The normalized spacial score (nSPS) is 21.0. The van der Waals surface area contributed by atoms with Crippen LogP contribution in [-0.2, 0) is 14.3 Å². The number of nitrogens with one attached hydrogen (secondary N) is 1. The van der Waals surface area contributed by atoms with Gasteiger partial charge in [0.25, 0.3) is 11.6 Å². The quantitative estimate of drug-likeness (QED) is 0.646. The summed E-state index contributed by atoms with van der Waals surface area (Å²) in [6.45, 7) is 0. The van der Waals surface area contributed by atoms with Crippen molar-refractivity contribution in [2.75, 3.05) is 5.32 Å². The fraction of sp³-hybridized carbons (Fsp3) is 0.333. The predicted molar refractivity (Wildman–Crippen MR) is 72.3 cm³/mol. The molecule has 1 heterocycles. The summed E-state index contributed by atoms with van der Waals surface area (Å²) in [5.74, 6) is -1.71. The number of anilines is 1. The first-order valence-electron chi connectivity index (χ1n) is 6.01. The summed E-state index contributed by atoms with van der Waals surface area (Å²) in [5.41, 5.74) is -0.135. The number of nitro groups is 1. The molecule has 1 aromatic carbocycles. The van der Waals surface area contributed by atoms with Crippen LogP contribution in [-0.4, -0.2) is 34.1 Å². The van der Waals surface area contributed by atoms with Gasteiger partial charge in [-0.3, -0.25) is 14.9 Å². The van der Waals surface area contributed by atoms with Crippen molar-refractivity contribution in [1.82, 2.24) is 0 Å². The van der Waals surface area contributed by atoms with Crippen LogP contribution in [0.25, 0.3) is 0 Å². The highest BCUT2D eigenvalue weighted by Crippen LogP contribution is 2.28. The molecule has 1 amide bonds. The van der Waals surface area contributed by atoms with Crippen LogP contribution in [0.15, 0.2) is 18.2 Å². The van der Waals surface area contributed by atoms with E-state index in [1.807, 2.05) is 0 Å². The number of amides is 1. The number of nitro benzene ring substituents is 1. The first kappa shape index (κ1) is 15.2. The number of hydrogen-bond acceptors (Lipinski definition) is 5. The zero-order chi connectivity index (χ0) is 15.6. The molecule has 0 saturated carbocycles. The maximum atomic E-state index is 12.0. The van der Waals surface area contributed by atoms with Crippen molar-refractivity contribution in [1.29, 1.82) is 0 Å². The smallest absolute Gasteiger partial charge is 0.332 e. The van der Waals surface area contributed by atoms with Gasteiger partial charge in [-0.1, -0.05) is 11.6 Å². The van der Waals surface area contributed by atoms with E-state index in [4.69, 9.17) is 21.4 Å². The van der Waals surface area contributed by atoms with E-state index >= 15 is 0 Å². The molecule has 2 atom stereocenters. The molecule has 2 rings (SSSR count). The van der Waals surface area contributed by atoms with Crippen LogP contribution in [0.1, 0.15) is 12.8 Å². The van der Waals surface area contributed by atoms with Gasteiger partial charge in [0.2, 0.25) is 0 Å². The number of carbonyl (C=O) groups is 2. The second-order valence-electron chi connectivity index (χ2n) is 4.44. The number of hydrogen-bond donors (Lipinski definition) is 2. The van der Waals surface area contributed by atoms with Crippen LogP contribution in [0.5, 0.6) is 0 Å². The topological polar surface area (TPSA) is 119 Å². The van der Waals surface area contributed by atoms with Crippen molar-refractivity contribution < 1.29 is 24.4 Å². The summed E-state index contributed by atoms with van der Waals surface area (Å²) < 4.78 is 5.09. The number of carboxylic acid groups (broad SMARTS) is 1. The van der Waals surface area contributed by atoms with Gasteiger partial charge < -0.3 is 15.2 Å². The Bertz CT molecular complexity index is 605. The summed E-state index contributed by atoms with van der Waals surface area (Å²) in [4.78, 5) is 32.8. The molecule has 21 heavy (non-hydrogen) atoms. The van der Waals surface area contributed by atoms with Crippen LogP contribution in [0.3, 0.4) is 0 Å². The molecular weight excluding hydrogens is 304 g/mol. The zero-order valence-electron chi connectivity index (χ0n) is 10.6. The molecule has 0 aliphatic carbocycles. The van der Waals surface area contributed by atoms with Crippen LogP contribution in [0.2, 0.25) is 5.02 Å². The van der Waals surface area contributed by atoms with Crippen LogP contribution in [0, 0.1) is 10.1 Å². The Morgan fingerprint density at radius 1 is 1.38 bits per heavy atom. The second kappa shape index (κ2) is 6.06. The fourth-order valence-corrected chi connectivity index (χ4v) is 2.11. The molecule has 0 unspecified atom stereocenters. The summed E-state index contributed by atoms with van der Waals surface area (Å²) in [6.07, 6.45) is -1.44. The van der Waals surface area contributed by atoms with Crippen molar-refractivity contribution in [3.05, 3.63) is 33.3 Å². The van der Waals surface area contributed by atoms with E-state index in [1.165, 1.54) is 12.1 Å². The highest BCUT2D eigenvalue weighted by molar-refractivity contribution is 6.33. The van der Waals surface area contributed by atoms with Crippen molar-refractivity contribution in [2.24, 2.45) is 0 Å². The molecule has 0 spiro atoms. The number of aliphatic carboxylic acids is 1. The average molecular weight is 315 g/mol. The number of nitrogens with zero attached hydrogens (tertiary/aromatic N) is 1. The molecule has 1 aliphatic rings. The number of rotatable bonds is 4. The lowest BCUT2D eigenvalue weighted by Gasteiger charge is -2.12. The molecule has 1 saturated heterocycles. The van der Waals surface area contributed by atoms with Gasteiger partial charge in [0.1, 0.15) is 6.10 Å². The maximum absolute atomic E-state index is 12.0. The molecule has 2 N–H and O–H groups in total. The maximum Gasteiger partial charge on any atom is 0.332 e. The largest absolute Gasteiger partial charge is 0.479 e. The SMILES string of the molecule is O=C(Nc1cc([N+](=O)[O-])ccc1Cl)[C@@H]1CC[C@H](C(=O)O)O1. The first-order chi connectivity index (χ1) is 9.88. The predicted octanol–water partition coefficient (Wildman–Crippen LogP) is 1.82. The Morgan fingerprint density at radius 2 is 2.05 bits per heavy atom. The summed E-state index contributed by atoms with van der Waals surface area (Å²) >= 11 is 5.86. The Kier molecular flexibility index (Phi) is 4.39. The number of benzene rings is 1. The van der Waals surface area contributed by atoms with E-state index in [1.54, 1.807) is 0 Å². The van der Waals surface area contributed by atoms with E-state index < -0.39 is 29.0 Å². The number of halogens is 1. The summed E-state index contributed by atoms with van der Waals surface area (Å²) in [5, 5.41) is 22.0. The lowest BCUT2D eigenvalue weighted by molar-refractivity contribution is -0.384. The minimum absolute atomic E-state index is 0.0817. The molecule has 1 fully saturated rings. The molecule has 9 heteroatoms. The molecule has 1 aliphatic heterocycles. The second-order valence-corrected chi connectivity index (χ2v) is 4.85. The molecule has 0 radical (unpaired) electrons. The van der Waals surface area contributed by atoms with Crippen molar-refractivity contribution in [3.8, 4) is 0 Å². The average Bonchev–Trinajstić information content (AvgIpc) is 2.90. The van der Waals surface area contributed by atoms with E-state index in [0.29, 0.717) is 0 Å². The van der Waals surface area contributed by atoms with Gasteiger partial charge in [-0.05, 0) is 18.9 Å². The molecule has 8 nitrogen and oxygen atoms in total.